The minimum absolute atomic E-state index is 0.160. The largest absolute Gasteiger partial charge is 0.508 e. The monoisotopic (exact) mass is 306 g/mol. The zero-order chi connectivity index (χ0) is 15.9. The number of rotatable bonds is 2. The third-order valence-corrected chi connectivity index (χ3v) is 4.07. The van der Waals surface area contributed by atoms with Crippen LogP contribution >= 0.6 is 0 Å². The number of phenolic OH excluding ortho intramolecular Hbond substituents is 1. The first-order valence-corrected chi connectivity index (χ1v) is 7.04. The van der Waals surface area contributed by atoms with Gasteiger partial charge in [-0.05, 0) is 34.5 Å². The summed E-state index contributed by atoms with van der Waals surface area (Å²) in [6, 6.07) is 10.2. The third-order valence-electron chi connectivity index (χ3n) is 4.07. The lowest BCUT2D eigenvalue weighted by atomic mass is 9.90. The summed E-state index contributed by atoms with van der Waals surface area (Å²) in [5.74, 6) is 0.160. The van der Waals surface area contributed by atoms with E-state index in [0.29, 0.717) is 5.56 Å². The van der Waals surface area contributed by atoms with E-state index in [4.69, 9.17) is 4.74 Å². The predicted molar refractivity (Wildman–Crippen MR) is 78.3 cm³/mol. The van der Waals surface area contributed by atoms with E-state index >= 15 is 0 Å². The number of ether oxygens (including phenoxy) is 1. The minimum atomic E-state index is -1.40. The second-order valence-corrected chi connectivity index (χ2v) is 5.54. The van der Waals surface area contributed by atoms with E-state index in [0.717, 1.165) is 10.8 Å². The van der Waals surface area contributed by atoms with Gasteiger partial charge in [0.1, 0.15) is 36.3 Å². The topological polar surface area (TPSA) is 110 Å². The highest BCUT2D eigenvalue weighted by atomic mass is 16.5. The van der Waals surface area contributed by atoms with Crippen LogP contribution in [0.2, 0.25) is 0 Å². The smallest absolute Gasteiger partial charge is 0.116 e. The summed E-state index contributed by atoms with van der Waals surface area (Å²) in [7, 11) is 0. The highest BCUT2D eigenvalue weighted by Gasteiger charge is 2.43. The van der Waals surface area contributed by atoms with Crippen LogP contribution in [0.3, 0.4) is 0 Å². The van der Waals surface area contributed by atoms with Gasteiger partial charge < -0.3 is 30.3 Å². The van der Waals surface area contributed by atoms with Gasteiger partial charge >= 0.3 is 0 Å². The zero-order valence-corrected chi connectivity index (χ0v) is 11.7. The minimum Gasteiger partial charge on any atom is -0.508 e. The number of benzene rings is 2. The zero-order valence-electron chi connectivity index (χ0n) is 11.7. The van der Waals surface area contributed by atoms with E-state index in [1.54, 1.807) is 36.4 Å². The summed E-state index contributed by atoms with van der Waals surface area (Å²) in [6.07, 6.45) is -5.85. The van der Waals surface area contributed by atoms with Crippen LogP contribution in [0.4, 0.5) is 0 Å². The van der Waals surface area contributed by atoms with Crippen LogP contribution in [0.5, 0.6) is 5.75 Å². The Morgan fingerprint density at radius 2 is 1.55 bits per heavy atom. The number of fused-ring (bicyclic) bond motifs is 1. The van der Waals surface area contributed by atoms with Gasteiger partial charge in [-0.1, -0.05) is 18.2 Å². The highest BCUT2D eigenvalue weighted by Crippen LogP contribution is 2.34. The van der Waals surface area contributed by atoms with Crippen molar-refractivity contribution in [1.82, 2.24) is 0 Å². The Hall–Kier alpha value is -1.70. The summed E-state index contributed by atoms with van der Waals surface area (Å²) in [4.78, 5) is 0. The predicted octanol–water partition coefficient (Wildman–Crippen LogP) is 0.0603. The molecule has 0 bridgehead atoms. The molecule has 1 heterocycles. The average Bonchev–Trinajstić information content (AvgIpc) is 2.52. The molecule has 5 atom stereocenters. The van der Waals surface area contributed by atoms with Crippen molar-refractivity contribution in [2.45, 2.75) is 30.5 Å². The molecule has 22 heavy (non-hydrogen) atoms. The van der Waals surface area contributed by atoms with Gasteiger partial charge in [0.15, 0.2) is 0 Å². The van der Waals surface area contributed by atoms with Gasteiger partial charge in [-0.2, -0.15) is 0 Å². The second-order valence-electron chi connectivity index (χ2n) is 5.54. The average molecular weight is 306 g/mol. The Labute approximate surface area is 126 Å². The molecule has 1 fully saturated rings. The molecular formula is C16H18O6. The molecule has 118 valence electrons. The van der Waals surface area contributed by atoms with E-state index in [2.05, 4.69) is 0 Å². The van der Waals surface area contributed by atoms with Crippen LogP contribution in [-0.2, 0) is 4.74 Å². The van der Waals surface area contributed by atoms with Crippen molar-refractivity contribution in [2.24, 2.45) is 0 Å². The van der Waals surface area contributed by atoms with Crippen LogP contribution in [0.15, 0.2) is 36.4 Å². The van der Waals surface area contributed by atoms with Crippen LogP contribution in [0.1, 0.15) is 11.7 Å². The summed E-state index contributed by atoms with van der Waals surface area (Å²) >= 11 is 0. The molecule has 0 spiro atoms. The maximum Gasteiger partial charge on any atom is 0.116 e. The number of hydrogen-bond donors (Lipinski definition) is 5. The van der Waals surface area contributed by atoms with Gasteiger partial charge in [-0.25, -0.2) is 0 Å². The molecule has 2 aromatic carbocycles. The van der Waals surface area contributed by atoms with Gasteiger partial charge in [0.05, 0.1) is 6.61 Å². The number of aliphatic hydroxyl groups excluding tert-OH is 4. The Morgan fingerprint density at radius 1 is 0.864 bits per heavy atom. The third kappa shape index (κ3) is 2.55. The lowest BCUT2D eigenvalue weighted by Gasteiger charge is -2.40. The molecule has 2 aromatic rings. The van der Waals surface area contributed by atoms with Crippen molar-refractivity contribution in [1.29, 1.82) is 0 Å². The molecule has 1 saturated heterocycles. The normalized spacial score (nSPS) is 32.3. The molecule has 0 radical (unpaired) electrons. The number of hydrogen-bond acceptors (Lipinski definition) is 6. The molecule has 6 heteroatoms. The molecule has 1 aliphatic rings. The van der Waals surface area contributed by atoms with E-state index in [9.17, 15) is 25.5 Å². The number of phenols is 1. The summed E-state index contributed by atoms with van der Waals surface area (Å²) < 4.78 is 5.53. The van der Waals surface area contributed by atoms with Gasteiger partial charge in [0.2, 0.25) is 0 Å². The van der Waals surface area contributed by atoms with Gasteiger partial charge in [-0.15, -0.1) is 0 Å². The molecule has 0 aliphatic carbocycles. The molecule has 5 N–H and O–H groups in total. The second kappa shape index (κ2) is 5.83. The van der Waals surface area contributed by atoms with Gasteiger partial charge in [0, 0.05) is 0 Å². The van der Waals surface area contributed by atoms with Crippen molar-refractivity contribution in [3.63, 3.8) is 0 Å². The Bertz CT molecular complexity index is 671. The number of aromatic hydroxyl groups is 1. The van der Waals surface area contributed by atoms with Crippen molar-refractivity contribution >= 4 is 10.8 Å². The maximum atomic E-state index is 10.1. The number of aliphatic hydroxyl groups is 4. The molecule has 0 aromatic heterocycles. The Kier molecular flexibility index (Phi) is 4.03. The Balaban J connectivity index is 1.97. The molecule has 6 nitrogen and oxygen atoms in total. The molecule has 0 amide bonds. The van der Waals surface area contributed by atoms with Gasteiger partial charge in [-0.3, -0.25) is 0 Å². The molecular weight excluding hydrogens is 288 g/mol. The fourth-order valence-electron chi connectivity index (χ4n) is 2.81. The SMILES string of the molecule is OC[C@H]1O[C@H](c2ccc3cc(O)ccc3c2)[C@@H](O)[C@@H](O)[C@@H]1O. The summed E-state index contributed by atoms with van der Waals surface area (Å²) in [5, 5.41) is 50.2. The summed E-state index contributed by atoms with van der Waals surface area (Å²) in [6.45, 7) is -0.455. The van der Waals surface area contributed by atoms with Crippen molar-refractivity contribution in [2.75, 3.05) is 6.61 Å². The van der Waals surface area contributed by atoms with Crippen LogP contribution in [0.25, 0.3) is 10.8 Å². The maximum absolute atomic E-state index is 10.1. The lowest BCUT2D eigenvalue weighted by molar-refractivity contribution is -0.231. The lowest BCUT2D eigenvalue weighted by Crippen LogP contribution is -2.55. The fourth-order valence-corrected chi connectivity index (χ4v) is 2.81. The van der Waals surface area contributed by atoms with Crippen molar-refractivity contribution < 1.29 is 30.3 Å². The molecule has 0 saturated carbocycles. The standard InChI is InChI=1S/C16H18O6/c17-7-12-13(19)14(20)15(21)16(22-12)10-2-1-9-6-11(18)4-3-8(9)5-10/h1-6,12-21H,7H2/t12-,13-,14+,15+,16-/m1/s1. The van der Waals surface area contributed by atoms with Crippen LogP contribution in [-0.4, -0.2) is 56.6 Å². The fraction of sp³-hybridized carbons (Fsp3) is 0.375. The van der Waals surface area contributed by atoms with E-state index in [-0.39, 0.29) is 5.75 Å². The van der Waals surface area contributed by atoms with Gasteiger partial charge in [0.25, 0.3) is 0 Å². The van der Waals surface area contributed by atoms with Crippen molar-refractivity contribution in [3.8, 4) is 5.75 Å². The van der Waals surface area contributed by atoms with E-state index in [1.807, 2.05) is 0 Å². The highest BCUT2D eigenvalue weighted by molar-refractivity contribution is 5.84. The van der Waals surface area contributed by atoms with Crippen LogP contribution < -0.4 is 0 Å². The first kappa shape index (κ1) is 15.2. The molecule has 0 unspecified atom stereocenters. The van der Waals surface area contributed by atoms with Crippen molar-refractivity contribution in [3.05, 3.63) is 42.0 Å². The van der Waals surface area contributed by atoms with E-state index in [1.165, 1.54) is 0 Å². The first-order valence-electron chi connectivity index (χ1n) is 7.04. The Morgan fingerprint density at radius 3 is 2.27 bits per heavy atom. The quantitative estimate of drug-likeness (QED) is 0.537. The summed E-state index contributed by atoms with van der Waals surface area (Å²) in [5.41, 5.74) is 0.620. The molecule has 1 aliphatic heterocycles. The first-order chi connectivity index (χ1) is 10.5. The molecule has 3 rings (SSSR count). The van der Waals surface area contributed by atoms with E-state index < -0.39 is 37.1 Å². The van der Waals surface area contributed by atoms with Crippen LogP contribution in [0, 0.1) is 0 Å².